The van der Waals surface area contributed by atoms with Gasteiger partial charge in [-0.05, 0) is 78.7 Å². The van der Waals surface area contributed by atoms with E-state index in [0.717, 1.165) is 66.5 Å². The molecule has 0 unspecified atom stereocenters. The summed E-state index contributed by atoms with van der Waals surface area (Å²) >= 11 is 0. The number of carbonyl (C=O) groups excluding carboxylic acids is 2. The average Bonchev–Trinajstić information content (AvgIpc) is 3.06. The number of carbonyl (C=O) groups is 2. The van der Waals surface area contributed by atoms with Crippen LogP contribution in [0.3, 0.4) is 0 Å². The number of benzene rings is 4. The molecule has 0 atom stereocenters. The minimum Gasteiger partial charge on any atom is -0.495 e. The second-order valence-corrected chi connectivity index (χ2v) is 10.6. The number of rotatable bonds is 11. The van der Waals surface area contributed by atoms with Crippen molar-refractivity contribution in [2.75, 3.05) is 50.1 Å². The molecule has 1 aliphatic heterocycles. The third-order valence-electron chi connectivity index (χ3n) is 7.39. The van der Waals surface area contributed by atoms with Crippen LogP contribution < -0.4 is 25.1 Å². The summed E-state index contributed by atoms with van der Waals surface area (Å²) in [7, 11) is 1.71. The molecule has 0 spiro atoms. The summed E-state index contributed by atoms with van der Waals surface area (Å²) < 4.78 is 11.1. The first-order chi connectivity index (χ1) is 21.5. The first-order valence-corrected chi connectivity index (χ1v) is 14.6. The number of nitrogens with zero attached hydrogens (tertiary/aromatic N) is 3. The first kappa shape index (κ1) is 30.3. The number of nitrogens with one attached hydrogen (secondary N) is 2. The molecular formula is C35H37N5O4. The molecule has 44 heavy (non-hydrogen) atoms. The standard InChI is InChI=1S/C35H37N5O4/c1-26-7-15-30(16-8-26)37-34(41)25-44-31-17-11-27(12-18-31)23-36-38-35(42)29-13-9-28(10-14-29)24-39-19-21-40(22-20-39)32-5-3-4-6-33(32)43-2/h3-18,23H,19-22,24-25H2,1-2H3,(H,37,41)(H,38,42)/b36-23-. The molecule has 1 fully saturated rings. The Balaban J connectivity index is 1.03. The van der Waals surface area contributed by atoms with Gasteiger partial charge in [-0.3, -0.25) is 14.5 Å². The molecule has 0 radical (unpaired) electrons. The Hall–Kier alpha value is -5.15. The molecule has 2 amide bonds. The number of hydrogen-bond donors (Lipinski definition) is 2. The van der Waals surface area contributed by atoms with Gasteiger partial charge in [-0.15, -0.1) is 0 Å². The predicted molar refractivity (Wildman–Crippen MR) is 174 cm³/mol. The van der Waals surface area contributed by atoms with Crippen molar-refractivity contribution >= 4 is 29.4 Å². The highest BCUT2D eigenvalue weighted by Gasteiger charge is 2.19. The Morgan fingerprint density at radius 1 is 0.864 bits per heavy atom. The van der Waals surface area contributed by atoms with Crippen LogP contribution >= 0.6 is 0 Å². The largest absolute Gasteiger partial charge is 0.495 e. The summed E-state index contributed by atoms with van der Waals surface area (Å²) in [5.74, 6) is 0.943. The van der Waals surface area contributed by atoms with Crippen LogP contribution in [0.25, 0.3) is 0 Å². The van der Waals surface area contributed by atoms with Gasteiger partial charge in [0.05, 0.1) is 19.0 Å². The van der Waals surface area contributed by atoms with Gasteiger partial charge in [0, 0.05) is 44.0 Å². The molecule has 4 aromatic carbocycles. The molecule has 1 heterocycles. The van der Waals surface area contributed by atoms with Crippen molar-refractivity contribution in [2.45, 2.75) is 13.5 Å². The van der Waals surface area contributed by atoms with E-state index in [1.54, 1.807) is 37.6 Å². The zero-order valence-corrected chi connectivity index (χ0v) is 25.0. The maximum absolute atomic E-state index is 12.6. The van der Waals surface area contributed by atoms with E-state index >= 15 is 0 Å². The predicted octanol–water partition coefficient (Wildman–Crippen LogP) is 5.11. The van der Waals surface area contributed by atoms with Crippen molar-refractivity contribution in [1.82, 2.24) is 10.3 Å². The highest BCUT2D eigenvalue weighted by Crippen LogP contribution is 2.28. The third kappa shape index (κ3) is 8.45. The molecule has 1 aliphatic rings. The second kappa shape index (κ2) is 14.8. The van der Waals surface area contributed by atoms with Crippen LogP contribution in [0.2, 0.25) is 0 Å². The molecule has 1 saturated heterocycles. The number of anilines is 2. The van der Waals surface area contributed by atoms with Crippen LogP contribution in [0.1, 0.15) is 27.0 Å². The molecule has 9 nitrogen and oxygen atoms in total. The number of amides is 2. The topological polar surface area (TPSA) is 95.5 Å². The van der Waals surface area contributed by atoms with Gasteiger partial charge >= 0.3 is 0 Å². The molecule has 0 aromatic heterocycles. The van der Waals surface area contributed by atoms with Crippen LogP contribution in [-0.2, 0) is 11.3 Å². The van der Waals surface area contributed by atoms with Crippen molar-refractivity contribution in [3.63, 3.8) is 0 Å². The summed E-state index contributed by atoms with van der Waals surface area (Å²) in [6.07, 6.45) is 1.56. The van der Waals surface area contributed by atoms with Crippen LogP contribution in [0, 0.1) is 6.92 Å². The second-order valence-electron chi connectivity index (χ2n) is 10.6. The van der Waals surface area contributed by atoms with Gasteiger partial charge in [0.15, 0.2) is 6.61 Å². The van der Waals surface area contributed by atoms with Gasteiger partial charge in [-0.1, -0.05) is 42.0 Å². The molecule has 5 rings (SSSR count). The molecule has 0 aliphatic carbocycles. The number of piperazine rings is 1. The van der Waals surface area contributed by atoms with Gasteiger partial charge in [-0.2, -0.15) is 5.10 Å². The number of para-hydroxylation sites is 2. The Morgan fingerprint density at radius 3 is 2.27 bits per heavy atom. The van der Waals surface area contributed by atoms with Crippen molar-refractivity contribution in [3.8, 4) is 11.5 Å². The SMILES string of the molecule is COc1ccccc1N1CCN(Cc2ccc(C(=O)N/N=C\c3ccc(OCC(=O)Nc4ccc(C)cc4)cc3)cc2)CC1. The van der Waals surface area contributed by atoms with Crippen molar-refractivity contribution < 1.29 is 19.1 Å². The summed E-state index contributed by atoms with van der Waals surface area (Å²) in [4.78, 5) is 29.5. The van der Waals surface area contributed by atoms with Crippen molar-refractivity contribution in [2.24, 2.45) is 5.10 Å². The van der Waals surface area contributed by atoms with Crippen molar-refractivity contribution in [1.29, 1.82) is 0 Å². The van der Waals surface area contributed by atoms with Crippen LogP contribution in [0.15, 0.2) is 102 Å². The van der Waals surface area contributed by atoms with Crippen molar-refractivity contribution in [3.05, 3.63) is 119 Å². The van der Waals surface area contributed by atoms with E-state index in [2.05, 4.69) is 31.7 Å². The summed E-state index contributed by atoms with van der Waals surface area (Å²) in [6, 6.07) is 30.4. The highest BCUT2D eigenvalue weighted by molar-refractivity contribution is 5.95. The zero-order chi connectivity index (χ0) is 30.7. The van der Waals surface area contributed by atoms with Crippen LogP contribution in [0.5, 0.6) is 11.5 Å². The van der Waals surface area contributed by atoms with E-state index in [1.807, 2.05) is 73.7 Å². The number of hydrogen-bond acceptors (Lipinski definition) is 7. The number of hydrazone groups is 1. The molecule has 0 saturated carbocycles. The van der Waals surface area contributed by atoms with E-state index in [0.29, 0.717) is 11.3 Å². The fourth-order valence-corrected chi connectivity index (χ4v) is 4.92. The lowest BCUT2D eigenvalue weighted by molar-refractivity contribution is -0.118. The molecule has 2 N–H and O–H groups in total. The molecule has 0 bridgehead atoms. The molecule has 226 valence electrons. The monoisotopic (exact) mass is 591 g/mol. The van der Waals surface area contributed by atoms with E-state index in [-0.39, 0.29) is 18.4 Å². The van der Waals surface area contributed by atoms with E-state index in [4.69, 9.17) is 9.47 Å². The van der Waals surface area contributed by atoms with E-state index < -0.39 is 0 Å². The minimum atomic E-state index is -0.280. The van der Waals surface area contributed by atoms with Gasteiger partial charge in [0.25, 0.3) is 11.8 Å². The molecule has 4 aromatic rings. The van der Waals surface area contributed by atoms with Gasteiger partial charge in [0.2, 0.25) is 0 Å². The molecular weight excluding hydrogens is 554 g/mol. The first-order valence-electron chi connectivity index (χ1n) is 14.6. The Kier molecular flexibility index (Phi) is 10.2. The Morgan fingerprint density at radius 2 is 1.57 bits per heavy atom. The Bertz CT molecular complexity index is 1560. The van der Waals surface area contributed by atoms with Crippen LogP contribution in [0.4, 0.5) is 11.4 Å². The number of aryl methyl sites for hydroxylation is 1. The van der Waals surface area contributed by atoms with E-state index in [1.165, 1.54) is 0 Å². The van der Waals surface area contributed by atoms with E-state index in [9.17, 15) is 9.59 Å². The fourth-order valence-electron chi connectivity index (χ4n) is 4.92. The summed E-state index contributed by atoms with van der Waals surface area (Å²) in [6.45, 7) is 6.48. The lowest BCUT2D eigenvalue weighted by Gasteiger charge is -2.36. The van der Waals surface area contributed by atoms with Gasteiger partial charge in [-0.25, -0.2) is 5.43 Å². The summed E-state index contributed by atoms with van der Waals surface area (Å²) in [5.41, 5.74) is 8.04. The smallest absolute Gasteiger partial charge is 0.271 e. The van der Waals surface area contributed by atoms with Gasteiger partial charge in [0.1, 0.15) is 11.5 Å². The van der Waals surface area contributed by atoms with Gasteiger partial charge < -0.3 is 19.7 Å². The molecule has 9 heteroatoms. The zero-order valence-electron chi connectivity index (χ0n) is 25.0. The number of methoxy groups -OCH3 is 1. The highest BCUT2D eigenvalue weighted by atomic mass is 16.5. The van der Waals surface area contributed by atoms with Crippen LogP contribution in [-0.4, -0.2) is 62.8 Å². The fraction of sp³-hybridized carbons (Fsp3) is 0.229. The lowest BCUT2D eigenvalue weighted by Crippen LogP contribution is -2.46. The average molecular weight is 592 g/mol. The summed E-state index contributed by atoms with van der Waals surface area (Å²) in [5, 5.41) is 6.89. The maximum atomic E-state index is 12.6. The third-order valence-corrected chi connectivity index (χ3v) is 7.39. The minimum absolute atomic E-state index is 0.100. The quantitative estimate of drug-likeness (QED) is 0.186. The normalized spacial score (nSPS) is 13.5. The lowest BCUT2D eigenvalue weighted by atomic mass is 10.1. The Labute approximate surface area is 258 Å². The number of ether oxygens (including phenoxy) is 2. The maximum Gasteiger partial charge on any atom is 0.271 e.